The van der Waals surface area contributed by atoms with Gasteiger partial charge >= 0.3 is 0 Å². The zero-order valence-corrected chi connectivity index (χ0v) is 30.1. The Morgan fingerprint density at radius 3 is 2.20 bits per heavy atom. The Hall–Kier alpha value is -4.35. The molecule has 11 heteroatoms. The Morgan fingerprint density at radius 1 is 0.880 bits per heavy atom. The van der Waals surface area contributed by atoms with Crippen molar-refractivity contribution in [1.29, 1.82) is 0 Å². The first kappa shape index (κ1) is 36.9. The van der Waals surface area contributed by atoms with Crippen molar-refractivity contribution in [3.8, 4) is 5.75 Å². The normalized spacial score (nSPS) is 14.1. The van der Waals surface area contributed by atoms with Crippen molar-refractivity contribution in [3.63, 3.8) is 0 Å². The van der Waals surface area contributed by atoms with E-state index < -0.39 is 34.3 Å². The molecule has 1 aliphatic rings. The zero-order chi connectivity index (χ0) is 35.5. The summed E-state index contributed by atoms with van der Waals surface area (Å²) in [5, 5.41) is 3.20. The highest BCUT2D eigenvalue weighted by molar-refractivity contribution is 7.98. The first-order chi connectivity index (χ1) is 24.2. The van der Waals surface area contributed by atoms with Crippen LogP contribution in [0.15, 0.2) is 113 Å². The number of benzene rings is 4. The highest BCUT2D eigenvalue weighted by Crippen LogP contribution is 2.33. The minimum absolute atomic E-state index is 0.00960. The van der Waals surface area contributed by atoms with Crippen LogP contribution < -0.4 is 14.4 Å². The van der Waals surface area contributed by atoms with Gasteiger partial charge in [-0.2, -0.15) is 0 Å². The summed E-state index contributed by atoms with van der Waals surface area (Å²) in [4.78, 5) is 31.4. The summed E-state index contributed by atoms with van der Waals surface area (Å²) in [6.07, 6.45) is 6.94. The SMILES string of the molecule is CCOc1ccccc1N(CC(=O)N(Cc1ccc(F)cc1)[C@H](Cc1ccccc1)C(=O)NC1CCCCC1)S(=O)(=O)c1ccc(SC)cc1. The Morgan fingerprint density at radius 2 is 1.54 bits per heavy atom. The number of carbonyl (C=O) groups excluding carboxylic acids is 2. The number of halogens is 1. The second-order valence-corrected chi connectivity index (χ2v) is 15.0. The average Bonchev–Trinajstić information content (AvgIpc) is 3.14. The zero-order valence-electron chi connectivity index (χ0n) is 28.5. The average molecular weight is 718 g/mol. The van der Waals surface area contributed by atoms with E-state index in [0.29, 0.717) is 11.3 Å². The number of rotatable bonds is 15. The second-order valence-electron chi connectivity index (χ2n) is 12.3. The quantitative estimate of drug-likeness (QED) is 0.131. The van der Waals surface area contributed by atoms with Gasteiger partial charge in [0.15, 0.2) is 0 Å². The largest absolute Gasteiger partial charge is 0.492 e. The Labute approximate surface area is 299 Å². The van der Waals surface area contributed by atoms with E-state index in [4.69, 9.17) is 4.74 Å². The lowest BCUT2D eigenvalue weighted by atomic mass is 9.94. The minimum Gasteiger partial charge on any atom is -0.492 e. The van der Waals surface area contributed by atoms with Gasteiger partial charge in [0, 0.05) is 23.9 Å². The molecule has 4 aromatic carbocycles. The van der Waals surface area contributed by atoms with E-state index in [1.54, 1.807) is 55.5 Å². The lowest BCUT2D eigenvalue weighted by Crippen LogP contribution is -2.55. The summed E-state index contributed by atoms with van der Waals surface area (Å²) in [5.74, 6) is -1.04. The molecule has 0 aliphatic heterocycles. The Kier molecular flexibility index (Phi) is 12.9. The number of sulfonamides is 1. The van der Waals surface area contributed by atoms with Crippen LogP contribution in [0.3, 0.4) is 0 Å². The van der Waals surface area contributed by atoms with Crippen molar-refractivity contribution in [2.75, 3.05) is 23.7 Å². The third kappa shape index (κ3) is 9.45. The third-order valence-corrected chi connectivity index (χ3v) is 11.4. The fourth-order valence-electron chi connectivity index (χ4n) is 6.21. The molecule has 2 amide bonds. The van der Waals surface area contributed by atoms with Crippen LogP contribution >= 0.6 is 11.8 Å². The molecule has 0 saturated heterocycles. The van der Waals surface area contributed by atoms with E-state index in [1.165, 1.54) is 40.9 Å². The van der Waals surface area contributed by atoms with Gasteiger partial charge in [0.05, 0.1) is 17.2 Å². The van der Waals surface area contributed by atoms with Gasteiger partial charge in [-0.25, -0.2) is 12.8 Å². The maximum absolute atomic E-state index is 14.8. The van der Waals surface area contributed by atoms with Crippen LogP contribution in [0.1, 0.15) is 50.2 Å². The summed E-state index contributed by atoms with van der Waals surface area (Å²) >= 11 is 1.49. The molecular weight excluding hydrogens is 674 g/mol. The molecule has 0 unspecified atom stereocenters. The molecule has 264 valence electrons. The van der Waals surface area contributed by atoms with Gasteiger partial charge in [0.1, 0.15) is 24.2 Å². The molecule has 0 bridgehead atoms. The van der Waals surface area contributed by atoms with E-state index in [0.717, 1.165) is 46.9 Å². The minimum atomic E-state index is -4.31. The summed E-state index contributed by atoms with van der Waals surface area (Å²) in [6, 6.07) is 27.4. The van der Waals surface area contributed by atoms with Gasteiger partial charge in [-0.1, -0.05) is 73.9 Å². The van der Waals surface area contributed by atoms with Gasteiger partial charge in [-0.15, -0.1) is 11.8 Å². The number of hydrogen-bond acceptors (Lipinski definition) is 6. The fraction of sp³-hybridized carbons (Fsp3) is 0.333. The number of carbonyl (C=O) groups is 2. The molecule has 4 aromatic rings. The molecule has 0 aromatic heterocycles. The van der Waals surface area contributed by atoms with Crippen LogP contribution in [0, 0.1) is 5.82 Å². The van der Waals surface area contributed by atoms with E-state index >= 15 is 0 Å². The van der Waals surface area contributed by atoms with Gasteiger partial charge in [-0.3, -0.25) is 13.9 Å². The molecule has 1 N–H and O–H groups in total. The highest BCUT2D eigenvalue weighted by Gasteiger charge is 2.36. The van der Waals surface area contributed by atoms with E-state index in [2.05, 4.69) is 5.32 Å². The number of thioether (sulfide) groups is 1. The number of ether oxygens (including phenoxy) is 1. The standard InChI is InChI=1S/C39H44FN3O5S2/c1-3-48-37-17-11-10-16-35(37)43(50(46,47)34-24-22-33(49-2)23-25-34)28-38(44)42(27-30-18-20-31(40)21-19-30)36(26-29-12-6-4-7-13-29)39(45)41-32-14-8-5-9-15-32/h4,6-7,10-13,16-25,32,36H,3,5,8-9,14-15,26-28H2,1-2H3,(H,41,45)/t36-/m1/s1. The smallest absolute Gasteiger partial charge is 0.264 e. The Balaban J connectivity index is 1.59. The molecular formula is C39H44FN3O5S2. The van der Waals surface area contributed by atoms with E-state index in [-0.39, 0.29) is 42.1 Å². The number of nitrogens with one attached hydrogen (secondary N) is 1. The molecule has 50 heavy (non-hydrogen) atoms. The number of nitrogens with zero attached hydrogens (tertiary/aromatic N) is 2. The predicted octanol–water partition coefficient (Wildman–Crippen LogP) is 7.23. The van der Waals surface area contributed by atoms with Crippen molar-refractivity contribution in [2.45, 2.75) is 73.9 Å². The lowest BCUT2D eigenvalue weighted by Gasteiger charge is -2.35. The summed E-state index contributed by atoms with van der Waals surface area (Å²) in [7, 11) is -4.31. The van der Waals surface area contributed by atoms with Crippen molar-refractivity contribution in [3.05, 3.63) is 120 Å². The molecule has 1 saturated carbocycles. The third-order valence-electron chi connectivity index (χ3n) is 8.85. The van der Waals surface area contributed by atoms with Crippen molar-refractivity contribution < 1.29 is 27.1 Å². The predicted molar refractivity (Wildman–Crippen MR) is 196 cm³/mol. The summed E-state index contributed by atoms with van der Waals surface area (Å²) in [5.41, 5.74) is 1.64. The first-order valence-electron chi connectivity index (χ1n) is 17.0. The van der Waals surface area contributed by atoms with Crippen LogP contribution in [0.5, 0.6) is 5.75 Å². The van der Waals surface area contributed by atoms with Gasteiger partial charge in [0.25, 0.3) is 10.0 Å². The number of hydrogen-bond donors (Lipinski definition) is 1. The second kappa shape index (κ2) is 17.5. The van der Waals surface area contributed by atoms with E-state index in [1.807, 2.05) is 36.6 Å². The monoisotopic (exact) mass is 717 g/mol. The van der Waals surface area contributed by atoms with Crippen LogP contribution in [0.2, 0.25) is 0 Å². The van der Waals surface area contributed by atoms with Gasteiger partial charge in [0.2, 0.25) is 11.8 Å². The van der Waals surface area contributed by atoms with Crippen LogP contribution in [0.4, 0.5) is 10.1 Å². The number of amides is 2. The molecule has 0 heterocycles. The van der Waals surface area contributed by atoms with Crippen LogP contribution in [0.25, 0.3) is 0 Å². The summed E-state index contributed by atoms with van der Waals surface area (Å²) in [6.45, 7) is 1.42. The molecule has 1 atom stereocenters. The van der Waals surface area contributed by atoms with Crippen LogP contribution in [-0.4, -0.2) is 56.6 Å². The van der Waals surface area contributed by atoms with Crippen LogP contribution in [-0.2, 0) is 32.6 Å². The number of para-hydroxylation sites is 2. The van der Waals surface area contributed by atoms with Crippen molar-refractivity contribution in [1.82, 2.24) is 10.2 Å². The molecule has 5 rings (SSSR count). The molecule has 0 spiro atoms. The summed E-state index contributed by atoms with van der Waals surface area (Å²) < 4.78 is 49.8. The topological polar surface area (TPSA) is 96.0 Å². The maximum Gasteiger partial charge on any atom is 0.264 e. The van der Waals surface area contributed by atoms with Crippen molar-refractivity contribution in [2.24, 2.45) is 0 Å². The highest BCUT2D eigenvalue weighted by atomic mass is 32.2. The molecule has 1 aliphatic carbocycles. The van der Waals surface area contributed by atoms with Crippen molar-refractivity contribution >= 4 is 39.3 Å². The number of anilines is 1. The molecule has 1 fully saturated rings. The first-order valence-corrected chi connectivity index (χ1v) is 19.6. The fourth-order valence-corrected chi connectivity index (χ4v) is 8.05. The Bertz CT molecular complexity index is 1820. The van der Waals surface area contributed by atoms with Gasteiger partial charge < -0.3 is 15.0 Å². The van der Waals surface area contributed by atoms with E-state index in [9.17, 15) is 22.4 Å². The molecule has 0 radical (unpaired) electrons. The lowest BCUT2D eigenvalue weighted by molar-refractivity contribution is -0.140. The molecule has 8 nitrogen and oxygen atoms in total. The maximum atomic E-state index is 14.8. The van der Waals surface area contributed by atoms with Gasteiger partial charge in [-0.05, 0) is 85.7 Å².